The summed E-state index contributed by atoms with van der Waals surface area (Å²) in [5.41, 5.74) is -0.0514. The molecule has 9 heteroatoms. The number of hydrogen-bond acceptors (Lipinski definition) is 4. The molecule has 0 aliphatic heterocycles. The van der Waals surface area contributed by atoms with Gasteiger partial charge in [0.05, 0.1) is 0 Å². The van der Waals surface area contributed by atoms with E-state index in [4.69, 9.17) is 0 Å². The standard InChI is InChI=1S/C23H34FN3O4S/c1-16(22(30)26-23(2,3)4)27(19-8-6-5-7-9-19)21(29)15-32(31)14-20(28)25-18-12-10-17(24)11-13-18/h10-13,16,19H,5-9,14-15H2,1-4H3,(H,25,28)(H,26,30)/t16-,32-/m0/s1. The van der Waals surface area contributed by atoms with Crippen LogP contribution in [-0.4, -0.2) is 56.0 Å². The van der Waals surface area contributed by atoms with Crippen LogP contribution in [0.2, 0.25) is 0 Å². The minimum absolute atomic E-state index is 0.0815. The fourth-order valence-corrected chi connectivity index (χ4v) is 4.73. The number of halogens is 1. The van der Waals surface area contributed by atoms with Crippen molar-refractivity contribution in [3.63, 3.8) is 0 Å². The number of rotatable bonds is 8. The normalized spacial score (nSPS) is 16.7. The summed E-state index contributed by atoms with van der Waals surface area (Å²) in [6, 6.07) is 4.45. The first kappa shape index (κ1) is 26.0. The highest BCUT2D eigenvalue weighted by Crippen LogP contribution is 2.25. The molecule has 1 aromatic carbocycles. The van der Waals surface area contributed by atoms with Crippen molar-refractivity contribution in [1.82, 2.24) is 10.2 Å². The molecular weight excluding hydrogens is 433 g/mol. The third-order valence-corrected chi connectivity index (χ3v) is 6.41. The average molecular weight is 468 g/mol. The molecule has 2 rings (SSSR count). The minimum Gasteiger partial charge on any atom is -0.350 e. The number of nitrogens with one attached hydrogen (secondary N) is 2. The van der Waals surface area contributed by atoms with E-state index in [1.165, 1.54) is 24.3 Å². The van der Waals surface area contributed by atoms with Gasteiger partial charge in [-0.1, -0.05) is 19.3 Å². The quantitative estimate of drug-likeness (QED) is 0.614. The number of carbonyl (C=O) groups excluding carboxylic acids is 3. The Morgan fingerprint density at radius 2 is 1.69 bits per heavy atom. The Morgan fingerprint density at radius 1 is 1.09 bits per heavy atom. The Bertz CT molecular complexity index is 833. The molecule has 0 unspecified atom stereocenters. The second-order valence-corrected chi connectivity index (χ2v) is 10.7. The van der Waals surface area contributed by atoms with Crippen LogP contribution < -0.4 is 10.6 Å². The van der Waals surface area contributed by atoms with Crippen molar-refractivity contribution in [2.45, 2.75) is 77.4 Å². The number of hydrogen-bond donors (Lipinski definition) is 2. The summed E-state index contributed by atoms with van der Waals surface area (Å²) in [4.78, 5) is 39.6. The van der Waals surface area contributed by atoms with Gasteiger partial charge in [-0.25, -0.2) is 4.39 Å². The van der Waals surface area contributed by atoms with Gasteiger partial charge in [-0.3, -0.25) is 18.6 Å². The highest BCUT2D eigenvalue weighted by Gasteiger charge is 2.34. The molecule has 3 amide bonds. The van der Waals surface area contributed by atoms with Crippen molar-refractivity contribution in [2.75, 3.05) is 16.8 Å². The Labute approximate surface area is 192 Å². The highest BCUT2D eigenvalue weighted by molar-refractivity contribution is 7.86. The van der Waals surface area contributed by atoms with E-state index in [9.17, 15) is 23.0 Å². The first-order valence-corrected chi connectivity index (χ1v) is 12.5. The van der Waals surface area contributed by atoms with Crippen LogP contribution in [0.1, 0.15) is 59.8 Å². The predicted molar refractivity (Wildman–Crippen MR) is 124 cm³/mol. The van der Waals surface area contributed by atoms with E-state index in [1.807, 2.05) is 20.8 Å². The lowest BCUT2D eigenvalue weighted by Crippen LogP contribution is -2.56. The molecule has 1 saturated carbocycles. The van der Waals surface area contributed by atoms with E-state index < -0.39 is 34.1 Å². The molecule has 1 aliphatic carbocycles. The lowest BCUT2D eigenvalue weighted by molar-refractivity contribution is -0.142. The van der Waals surface area contributed by atoms with Crippen LogP contribution >= 0.6 is 0 Å². The maximum Gasteiger partial charge on any atom is 0.242 e. The lowest BCUT2D eigenvalue weighted by atomic mass is 9.93. The maximum atomic E-state index is 13.1. The molecule has 0 saturated heterocycles. The summed E-state index contributed by atoms with van der Waals surface area (Å²) in [5, 5.41) is 5.46. The van der Waals surface area contributed by atoms with Crippen LogP contribution in [0.3, 0.4) is 0 Å². The third kappa shape index (κ3) is 8.33. The second kappa shape index (κ2) is 11.5. The fraction of sp³-hybridized carbons (Fsp3) is 0.609. The number of benzene rings is 1. The van der Waals surface area contributed by atoms with Gasteiger partial charge >= 0.3 is 0 Å². The first-order chi connectivity index (χ1) is 15.0. The third-order valence-electron chi connectivity index (χ3n) is 5.26. The monoisotopic (exact) mass is 467 g/mol. The summed E-state index contributed by atoms with van der Waals surface area (Å²) < 4.78 is 25.5. The molecule has 178 valence electrons. The van der Waals surface area contributed by atoms with Crippen LogP contribution in [0, 0.1) is 5.82 Å². The van der Waals surface area contributed by atoms with Crippen molar-refractivity contribution < 1.29 is 23.0 Å². The largest absolute Gasteiger partial charge is 0.350 e. The summed E-state index contributed by atoms with van der Waals surface area (Å²) in [7, 11) is -1.74. The van der Waals surface area contributed by atoms with E-state index >= 15 is 0 Å². The summed E-state index contributed by atoms with van der Waals surface area (Å²) in [5.74, 6) is -2.28. The van der Waals surface area contributed by atoms with Crippen molar-refractivity contribution in [3.8, 4) is 0 Å². The second-order valence-electron chi connectivity index (χ2n) is 9.29. The maximum absolute atomic E-state index is 13.1. The molecule has 2 atom stereocenters. The van der Waals surface area contributed by atoms with Crippen LogP contribution in [-0.2, 0) is 25.2 Å². The van der Waals surface area contributed by atoms with Crippen molar-refractivity contribution in [1.29, 1.82) is 0 Å². The van der Waals surface area contributed by atoms with Gasteiger partial charge in [0.15, 0.2) is 0 Å². The molecule has 1 aliphatic rings. The lowest BCUT2D eigenvalue weighted by Gasteiger charge is -2.39. The van der Waals surface area contributed by atoms with Gasteiger partial charge in [-0.15, -0.1) is 0 Å². The molecule has 1 fully saturated rings. The zero-order chi connectivity index (χ0) is 23.9. The average Bonchev–Trinajstić information content (AvgIpc) is 2.69. The number of nitrogens with zero attached hydrogens (tertiary/aromatic N) is 1. The Morgan fingerprint density at radius 3 is 2.25 bits per heavy atom. The predicted octanol–water partition coefficient (Wildman–Crippen LogP) is 2.98. The van der Waals surface area contributed by atoms with Gasteiger partial charge in [0.1, 0.15) is 23.4 Å². The van der Waals surface area contributed by atoms with Crippen LogP contribution in [0.25, 0.3) is 0 Å². The zero-order valence-electron chi connectivity index (χ0n) is 19.3. The van der Waals surface area contributed by atoms with Crippen LogP contribution in [0.15, 0.2) is 24.3 Å². The fourth-order valence-electron chi connectivity index (χ4n) is 3.84. The smallest absolute Gasteiger partial charge is 0.242 e. The highest BCUT2D eigenvalue weighted by atomic mass is 32.2. The minimum atomic E-state index is -1.74. The number of carbonyl (C=O) groups is 3. The molecule has 0 heterocycles. The van der Waals surface area contributed by atoms with Gasteiger partial charge in [-0.2, -0.15) is 0 Å². The van der Waals surface area contributed by atoms with Crippen LogP contribution in [0.4, 0.5) is 10.1 Å². The molecular formula is C23H34FN3O4S. The van der Waals surface area contributed by atoms with E-state index in [0.717, 1.165) is 32.1 Å². The van der Waals surface area contributed by atoms with E-state index in [0.29, 0.717) is 5.69 Å². The zero-order valence-corrected chi connectivity index (χ0v) is 20.1. The van der Waals surface area contributed by atoms with Crippen molar-refractivity contribution >= 4 is 34.2 Å². The molecule has 0 radical (unpaired) electrons. The van der Waals surface area contributed by atoms with Gasteiger partial charge < -0.3 is 15.5 Å². The van der Waals surface area contributed by atoms with Gasteiger partial charge in [0.2, 0.25) is 17.7 Å². The Balaban J connectivity index is 2.02. The number of amides is 3. The van der Waals surface area contributed by atoms with Gasteiger partial charge in [0.25, 0.3) is 0 Å². The number of anilines is 1. The molecule has 2 N–H and O–H groups in total. The van der Waals surface area contributed by atoms with E-state index in [-0.39, 0.29) is 29.4 Å². The van der Waals surface area contributed by atoms with Crippen molar-refractivity contribution in [2.24, 2.45) is 0 Å². The van der Waals surface area contributed by atoms with Crippen molar-refractivity contribution in [3.05, 3.63) is 30.1 Å². The van der Waals surface area contributed by atoms with E-state index in [1.54, 1.807) is 11.8 Å². The Kier molecular flexibility index (Phi) is 9.36. The Hall–Kier alpha value is -2.29. The van der Waals surface area contributed by atoms with Gasteiger partial charge in [-0.05, 0) is 64.8 Å². The molecule has 7 nitrogen and oxygen atoms in total. The van der Waals surface area contributed by atoms with Crippen LogP contribution in [0.5, 0.6) is 0 Å². The molecule has 32 heavy (non-hydrogen) atoms. The topological polar surface area (TPSA) is 95.6 Å². The first-order valence-electron chi connectivity index (χ1n) is 11.0. The summed E-state index contributed by atoms with van der Waals surface area (Å²) in [6.07, 6.45) is 4.65. The van der Waals surface area contributed by atoms with Gasteiger partial charge in [0, 0.05) is 28.1 Å². The van der Waals surface area contributed by atoms with E-state index in [2.05, 4.69) is 10.6 Å². The molecule has 0 spiro atoms. The summed E-state index contributed by atoms with van der Waals surface area (Å²) >= 11 is 0. The molecule has 0 bridgehead atoms. The SMILES string of the molecule is C[C@@H](C(=O)NC(C)(C)C)N(C(=O)C[S@@](=O)CC(=O)Nc1ccc(F)cc1)C1CCCCC1. The molecule has 1 aromatic rings. The summed E-state index contributed by atoms with van der Waals surface area (Å²) in [6.45, 7) is 7.31. The molecule has 0 aromatic heterocycles.